The normalized spacial score (nSPS) is 26.5. The van der Waals surface area contributed by atoms with E-state index in [0.717, 1.165) is 25.4 Å². The molecule has 0 aliphatic carbocycles. The second kappa shape index (κ2) is 3.94. The Labute approximate surface area is 74.9 Å². The fraction of sp³-hybridized carbons (Fsp3) is 1.00. The Morgan fingerprint density at radius 2 is 2.00 bits per heavy atom. The highest BCUT2D eigenvalue weighted by Crippen LogP contribution is 2.27. The number of hydrogen-bond donors (Lipinski definition) is 1. The number of hydrogen-bond acceptors (Lipinski definition) is 3. The van der Waals surface area contributed by atoms with Crippen molar-refractivity contribution in [1.82, 2.24) is 0 Å². The molecule has 0 amide bonds. The summed E-state index contributed by atoms with van der Waals surface area (Å²) in [6, 6.07) is 0. The first-order chi connectivity index (χ1) is 5.19. The summed E-state index contributed by atoms with van der Waals surface area (Å²) in [7, 11) is -1.82. The Bertz CT molecular complexity index is 126. The van der Waals surface area contributed by atoms with Crippen LogP contribution in [0.5, 0.6) is 0 Å². The first-order valence-corrected chi connectivity index (χ1v) is 7.10. The summed E-state index contributed by atoms with van der Waals surface area (Å²) in [6.45, 7) is 6.04. The Balaban J connectivity index is 2.49. The molecule has 1 fully saturated rings. The maximum atomic E-state index is 5.69. The summed E-state index contributed by atoms with van der Waals surface area (Å²) in [4.78, 5) is 0. The van der Waals surface area contributed by atoms with Gasteiger partial charge in [0, 0.05) is 18.8 Å². The minimum Gasteiger partial charge on any atom is -0.394 e. The molecule has 0 bridgehead atoms. The van der Waals surface area contributed by atoms with Crippen molar-refractivity contribution in [3.8, 4) is 0 Å². The van der Waals surface area contributed by atoms with Gasteiger partial charge >= 0.3 is 8.56 Å². The lowest BCUT2D eigenvalue weighted by Gasteiger charge is -2.35. The van der Waals surface area contributed by atoms with Gasteiger partial charge in [-0.1, -0.05) is 6.92 Å². The molecule has 0 aromatic rings. The van der Waals surface area contributed by atoms with Crippen LogP contribution in [-0.4, -0.2) is 27.5 Å². The van der Waals surface area contributed by atoms with Gasteiger partial charge in [0.05, 0.1) is 0 Å². The van der Waals surface area contributed by atoms with Crippen molar-refractivity contribution in [1.29, 1.82) is 0 Å². The standard InChI is InChI=1S/C7H16O2SSi/c1-7(6-10)11(2)8-4-3-5-9-11/h7,10H,3-6H2,1-2H3. The van der Waals surface area contributed by atoms with Crippen LogP contribution in [0.2, 0.25) is 12.1 Å². The average Bonchev–Trinajstić information content (AvgIpc) is 2.04. The van der Waals surface area contributed by atoms with Crippen molar-refractivity contribution >= 4 is 21.2 Å². The van der Waals surface area contributed by atoms with Gasteiger partial charge in [0.25, 0.3) is 0 Å². The van der Waals surface area contributed by atoms with Crippen LogP contribution in [0.4, 0.5) is 0 Å². The van der Waals surface area contributed by atoms with E-state index in [0.29, 0.717) is 5.54 Å². The van der Waals surface area contributed by atoms with E-state index in [-0.39, 0.29) is 0 Å². The molecule has 0 saturated carbocycles. The first-order valence-electron chi connectivity index (χ1n) is 4.08. The van der Waals surface area contributed by atoms with Gasteiger partial charge in [-0.2, -0.15) is 12.6 Å². The van der Waals surface area contributed by atoms with Gasteiger partial charge in [-0.3, -0.25) is 0 Å². The van der Waals surface area contributed by atoms with Crippen LogP contribution in [0.25, 0.3) is 0 Å². The van der Waals surface area contributed by atoms with Crippen LogP contribution >= 0.6 is 12.6 Å². The van der Waals surface area contributed by atoms with Crippen LogP contribution in [0.1, 0.15) is 13.3 Å². The van der Waals surface area contributed by atoms with Crippen molar-refractivity contribution in [3.63, 3.8) is 0 Å². The molecule has 0 radical (unpaired) electrons. The van der Waals surface area contributed by atoms with E-state index >= 15 is 0 Å². The van der Waals surface area contributed by atoms with E-state index in [1.165, 1.54) is 0 Å². The summed E-state index contributed by atoms with van der Waals surface area (Å²) >= 11 is 4.25. The molecule has 1 heterocycles. The minimum absolute atomic E-state index is 0.492. The van der Waals surface area contributed by atoms with Gasteiger partial charge in [-0.05, 0) is 18.7 Å². The number of rotatable bonds is 2. The first kappa shape index (κ1) is 9.57. The van der Waals surface area contributed by atoms with Crippen molar-refractivity contribution in [2.45, 2.75) is 25.4 Å². The van der Waals surface area contributed by atoms with Crippen molar-refractivity contribution < 1.29 is 8.85 Å². The van der Waals surface area contributed by atoms with Crippen LogP contribution in [0.3, 0.4) is 0 Å². The summed E-state index contributed by atoms with van der Waals surface area (Å²) in [5.74, 6) is 0.864. The molecular formula is C7H16O2SSi. The van der Waals surface area contributed by atoms with Gasteiger partial charge in [0.15, 0.2) is 0 Å². The Morgan fingerprint density at radius 1 is 1.45 bits per heavy atom. The zero-order valence-corrected chi connectivity index (χ0v) is 9.06. The molecule has 2 nitrogen and oxygen atoms in total. The van der Waals surface area contributed by atoms with E-state index in [2.05, 4.69) is 26.1 Å². The van der Waals surface area contributed by atoms with E-state index in [9.17, 15) is 0 Å². The molecule has 1 aliphatic rings. The van der Waals surface area contributed by atoms with Crippen molar-refractivity contribution in [3.05, 3.63) is 0 Å². The third-order valence-corrected chi connectivity index (χ3v) is 6.68. The highest BCUT2D eigenvalue weighted by molar-refractivity contribution is 7.80. The predicted molar refractivity (Wildman–Crippen MR) is 51.4 cm³/mol. The molecular weight excluding hydrogens is 176 g/mol. The maximum Gasteiger partial charge on any atom is 0.338 e. The third-order valence-electron chi connectivity index (χ3n) is 2.24. The monoisotopic (exact) mass is 192 g/mol. The fourth-order valence-electron chi connectivity index (χ4n) is 1.10. The predicted octanol–water partition coefficient (Wildman–Crippen LogP) is 1.82. The minimum atomic E-state index is -1.82. The van der Waals surface area contributed by atoms with Gasteiger partial charge in [0.1, 0.15) is 0 Å². The molecule has 0 N–H and O–H groups in total. The Morgan fingerprint density at radius 3 is 2.45 bits per heavy atom. The third kappa shape index (κ3) is 2.21. The lowest BCUT2D eigenvalue weighted by Crippen LogP contribution is -2.47. The van der Waals surface area contributed by atoms with Crippen molar-refractivity contribution in [2.75, 3.05) is 19.0 Å². The van der Waals surface area contributed by atoms with Crippen molar-refractivity contribution in [2.24, 2.45) is 0 Å². The summed E-state index contributed by atoms with van der Waals surface area (Å²) in [6.07, 6.45) is 1.04. The summed E-state index contributed by atoms with van der Waals surface area (Å²) in [5, 5.41) is 0. The Kier molecular flexibility index (Phi) is 3.43. The maximum absolute atomic E-state index is 5.69. The summed E-state index contributed by atoms with van der Waals surface area (Å²) in [5.41, 5.74) is 0.492. The molecule has 4 heteroatoms. The molecule has 0 aromatic heterocycles. The van der Waals surface area contributed by atoms with Crippen LogP contribution in [-0.2, 0) is 8.85 Å². The Hall–Kier alpha value is 0.487. The molecule has 1 rings (SSSR count). The highest BCUT2D eigenvalue weighted by atomic mass is 32.1. The van der Waals surface area contributed by atoms with E-state index < -0.39 is 8.56 Å². The molecule has 0 spiro atoms. The van der Waals surface area contributed by atoms with E-state index in [1.807, 2.05) is 0 Å². The molecule has 1 aliphatic heterocycles. The van der Waals surface area contributed by atoms with Gasteiger partial charge in [-0.15, -0.1) is 0 Å². The zero-order valence-electron chi connectivity index (χ0n) is 7.17. The summed E-state index contributed by atoms with van der Waals surface area (Å²) < 4.78 is 11.4. The highest BCUT2D eigenvalue weighted by Gasteiger charge is 2.39. The van der Waals surface area contributed by atoms with Crippen LogP contribution in [0, 0.1) is 0 Å². The fourth-order valence-corrected chi connectivity index (χ4v) is 4.18. The molecule has 1 atom stereocenters. The quantitative estimate of drug-likeness (QED) is 0.531. The lowest BCUT2D eigenvalue weighted by molar-refractivity contribution is 0.108. The largest absolute Gasteiger partial charge is 0.394 e. The van der Waals surface area contributed by atoms with Crippen LogP contribution in [0.15, 0.2) is 0 Å². The second-order valence-electron chi connectivity index (χ2n) is 3.15. The molecule has 0 aromatic carbocycles. The number of thiol groups is 1. The zero-order chi connectivity index (χ0) is 8.32. The van der Waals surface area contributed by atoms with Gasteiger partial charge in [-0.25, -0.2) is 0 Å². The van der Waals surface area contributed by atoms with Gasteiger partial charge < -0.3 is 8.85 Å². The smallest absolute Gasteiger partial charge is 0.338 e. The SMILES string of the molecule is CC(CS)[Si]1(C)OCCCO1. The molecule has 1 unspecified atom stereocenters. The average molecular weight is 192 g/mol. The van der Waals surface area contributed by atoms with Gasteiger partial charge in [0.2, 0.25) is 0 Å². The topological polar surface area (TPSA) is 18.5 Å². The van der Waals surface area contributed by atoms with E-state index in [4.69, 9.17) is 8.85 Å². The lowest BCUT2D eigenvalue weighted by atomic mass is 10.5. The molecule has 1 saturated heterocycles. The second-order valence-corrected chi connectivity index (χ2v) is 7.11. The molecule has 66 valence electrons. The molecule has 11 heavy (non-hydrogen) atoms. The van der Waals surface area contributed by atoms with E-state index in [1.54, 1.807) is 0 Å². The van der Waals surface area contributed by atoms with Crippen LogP contribution < -0.4 is 0 Å².